The number of hydrogen-bond acceptors (Lipinski definition) is 3. The summed E-state index contributed by atoms with van der Waals surface area (Å²) in [6, 6.07) is 5.46. The third-order valence-corrected chi connectivity index (χ3v) is 6.64. The molecule has 1 aliphatic carbocycles. The maximum Gasteiger partial charge on any atom is 0.223 e. The molecule has 2 aliphatic rings. The minimum Gasteiger partial charge on any atom is -0.490 e. The number of benzene rings is 1. The number of nitrogens with one attached hydrogen (secondary N) is 1. The van der Waals surface area contributed by atoms with Crippen molar-refractivity contribution in [1.29, 1.82) is 0 Å². The molecule has 28 heavy (non-hydrogen) atoms. The monoisotopic (exact) mass is 426 g/mol. The van der Waals surface area contributed by atoms with Crippen LogP contribution in [0.5, 0.6) is 5.75 Å². The van der Waals surface area contributed by atoms with Gasteiger partial charge in [0.05, 0.1) is 10.0 Å². The van der Waals surface area contributed by atoms with Crippen LogP contribution in [0.2, 0.25) is 10.0 Å². The zero-order valence-electron chi connectivity index (χ0n) is 16.6. The quantitative estimate of drug-likeness (QED) is 0.543. The average Bonchev–Trinajstić information content (AvgIpc) is 3.23. The van der Waals surface area contributed by atoms with Gasteiger partial charge in [-0.15, -0.1) is 0 Å². The average molecular weight is 427 g/mol. The summed E-state index contributed by atoms with van der Waals surface area (Å²) in [5.41, 5.74) is 0. The Kier molecular flexibility index (Phi) is 8.75. The Bertz CT molecular complexity index is 627. The van der Waals surface area contributed by atoms with Gasteiger partial charge in [-0.1, -0.05) is 42.5 Å². The SMILES string of the molecule is O=C(NCCCCCN1CCC(Oc2ccc(Cl)c(Cl)c2)CC1)C1CCCC1. The lowest BCUT2D eigenvalue weighted by Crippen LogP contribution is -2.38. The fourth-order valence-corrected chi connectivity index (χ4v) is 4.46. The van der Waals surface area contributed by atoms with Gasteiger partial charge in [-0.05, 0) is 57.2 Å². The third kappa shape index (κ3) is 6.82. The van der Waals surface area contributed by atoms with Crippen molar-refractivity contribution in [1.82, 2.24) is 10.2 Å². The second-order valence-electron chi connectivity index (χ2n) is 8.07. The van der Waals surface area contributed by atoms with Crippen LogP contribution < -0.4 is 10.1 Å². The summed E-state index contributed by atoms with van der Waals surface area (Å²) in [6.07, 6.45) is 10.4. The maximum absolute atomic E-state index is 12.0. The zero-order chi connectivity index (χ0) is 19.8. The largest absolute Gasteiger partial charge is 0.490 e. The van der Waals surface area contributed by atoms with E-state index in [1.54, 1.807) is 12.1 Å². The van der Waals surface area contributed by atoms with Crippen LogP contribution in [0.25, 0.3) is 0 Å². The lowest BCUT2D eigenvalue weighted by Gasteiger charge is -2.32. The number of rotatable bonds is 9. The van der Waals surface area contributed by atoms with Crippen molar-refractivity contribution in [2.75, 3.05) is 26.2 Å². The molecular formula is C22H32Cl2N2O2. The van der Waals surface area contributed by atoms with Crippen LogP contribution >= 0.6 is 23.2 Å². The highest BCUT2D eigenvalue weighted by molar-refractivity contribution is 6.42. The molecule has 1 aromatic carbocycles. The van der Waals surface area contributed by atoms with Crippen LogP contribution in [0.4, 0.5) is 0 Å². The summed E-state index contributed by atoms with van der Waals surface area (Å²) in [4.78, 5) is 14.5. The number of nitrogens with zero attached hydrogens (tertiary/aromatic N) is 1. The topological polar surface area (TPSA) is 41.6 Å². The summed E-state index contributed by atoms with van der Waals surface area (Å²) in [6.45, 7) is 4.11. The summed E-state index contributed by atoms with van der Waals surface area (Å²) in [5, 5.41) is 4.21. The molecule has 2 fully saturated rings. The maximum atomic E-state index is 12.0. The van der Waals surface area contributed by atoms with E-state index in [1.807, 2.05) is 6.07 Å². The molecule has 0 atom stereocenters. The molecule has 3 rings (SSSR count). The van der Waals surface area contributed by atoms with Crippen molar-refractivity contribution in [3.05, 3.63) is 28.2 Å². The van der Waals surface area contributed by atoms with E-state index in [4.69, 9.17) is 27.9 Å². The van der Waals surface area contributed by atoms with Crippen molar-refractivity contribution < 1.29 is 9.53 Å². The van der Waals surface area contributed by atoms with Gasteiger partial charge in [-0.3, -0.25) is 4.79 Å². The number of carbonyl (C=O) groups is 1. The van der Waals surface area contributed by atoms with E-state index >= 15 is 0 Å². The van der Waals surface area contributed by atoms with Crippen LogP contribution in [0, 0.1) is 5.92 Å². The Labute approximate surface area is 178 Å². The fraction of sp³-hybridized carbons (Fsp3) is 0.682. The van der Waals surface area contributed by atoms with Crippen molar-refractivity contribution in [2.45, 2.75) is 63.9 Å². The van der Waals surface area contributed by atoms with E-state index in [0.29, 0.717) is 10.0 Å². The predicted molar refractivity (Wildman–Crippen MR) is 115 cm³/mol. The third-order valence-electron chi connectivity index (χ3n) is 5.90. The van der Waals surface area contributed by atoms with Crippen molar-refractivity contribution in [3.63, 3.8) is 0 Å². The Balaban J connectivity index is 1.22. The molecule has 156 valence electrons. The van der Waals surface area contributed by atoms with Crippen LogP contribution in [-0.4, -0.2) is 43.1 Å². The van der Waals surface area contributed by atoms with Gasteiger partial charge in [0.1, 0.15) is 11.9 Å². The molecule has 1 heterocycles. The summed E-state index contributed by atoms with van der Waals surface area (Å²) in [5.74, 6) is 1.36. The molecule has 6 heteroatoms. The molecule has 1 saturated heterocycles. The van der Waals surface area contributed by atoms with Gasteiger partial charge in [0, 0.05) is 31.6 Å². The minimum absolute atomic E-state index is 0.249. The molecule has 1 aromatic rings. The zero-order valence-corrected chi connectivity index (χ0v) is 18.1. The van der Waals surface area contributed by atoms with Crippen molar-refractivity contribution in [3.8, 4) is 5.75 Å². The molecule has 0 aromatic heterocycles. The Morgan fingerprint density at radius 2 is 1.79 bits per heavy atom. The first-order valence-electron chi connectivity index (χ1n) is 10.7. The first-order valence-corrected chi connectivity index (χ1v) is 11.5. The Morgan fingerprint density at radius 3 is 2.50 bits per heavy atom. The van der Waals surface area contributed by atoms with Gasteiger partial charge in [-0.2, -0.15) is 0 Å². The van der Waals surface area contributed by atoms with Crippen molar-refractivity contribution in [2.24, 2.45) is 5.92 Å². The van der Waals surface area contributed by atoms with E-state index in [-0.39, 0.29) is 17.9 Å². The highest BCUT2D eigenvalue weighted by Crippen LogP contribution is 2.28. The number of likely N-dealkylation sites (tertiary alicyclic amines) is 1. The normalized spacial score (nSPS) is 19.1. The summed E-state index contributed by atoms with van der Waals surface area (Å²) >= 11 is 12.0. The summed E-state index contributed by atoms with van der Waals surface area (Å²) < 4.78 is 6.05. The molecule has 0 spiro atoms. The van der Waals surface area contributed by atoms with Gasteiger partial charge in [0.15, 0.2) is 0 Å². The first-order chi connectivity index (χ1) is 13.6. The van der Waals surface area contributed by atoms with Gasteiger partial charge >= 0.3 is 0 Å². The number of halogens is 2. The highest BCUT2D eigenvalue weighted by atomic mass is 35.5. The number of unbranched alkanes of at least 4 members (excludes halogenated alkanes) is 2. The molecule has 0 unspecified atom stereocenters. The van der Waals surface area contributed by atoms with E-state index in [2.05, 4.69) is 10.2 Å². The standard InChI is InChI=1S/C22H32Cl2N2O2/c23-20-9-8-19(16-21(20)24)28-18-10-14-26(15-11-18)13-5-1-4-12-25-22(27)17-6-2-3-7-17/h8-9,16-18H,1-7,10-15H2,(H,25,27). The van der Waals surface area contributed by atoms with Gasteiger partial charge in [-0.25, -0.2) is 0 Å². The molecule has 1 aliphatic heterocycles. The number of amides is 1. The number of carbonyl (C=O) groups excluding carboxylic acids is 1. The fourth-order valence-electron chi connectivity index (χ4n) is 4.17. The van der Waals surface area contributed by atoms with E-state index in [1.165, 1.54) is 25.7 Å². The number of piperidine rings is 1. The van der Waals surface area contributed by atoms with Crippen LogP contribution in [0.3, 0.4) is 0 Å². The van der Waals surface area contributed by atoms with Crippen LogP contribution in [0.15, 0.2) is 18.2 Å². The predicted octanol–water partition coefficient (Wildman–Crippen LogP) is 5.31. The van der Waals surface area contributed by atoms with E-state index in [9.17, 15) is 4.79 Å². The first kappa shape index (κ1) is 21.7. The molecule has 0 radical (unpaired) electrons. The minimum atomic E-state index is 0.249. The van der Waals surface area contributed by atoms with Crippen LogP contribution in [0.1, 0.15) is 57.8 Å². The second kappa shape index (κ2) is 11.3. The van der Waals surface area contributed by atoms with Crippen LogP contribution in [-0.2, 0) is 4.79 Å². The van der Waals surface area contributed by atoms with E-state index < -0.39 is 0 Å². The molecular weight excluding hydrogens is 395 g/mol. The molecule has 1 saturated carbocycles. The number of ether oxygens (including phenoxy) is 1. The smallest absolute Gasteiger partial charge is 0.223 e. The van der Waals surface area contributed by atoms with E-state index in [0.717, 1.165) is 64.0 Å². The Hall–Kier alpha value is -0.970. The van der Waals surface area contributed by atoms with Gasteiger partial charge in [0.2, 0.25) is 5.91 Å². The molecule has 0 bridgehead atoms. The van der Waals surface area contributed by atoms with Gasteiger partial charge < -0.3 is 15.0 Å². The second-order valence-corrected chi connectivity index (χ2v) is 8.88. The lowest BCUT2D eigenvalue weighted by molar-refractivity contribution is -0.124. The molecule has 1 N–H and O–H groups in total. The number of hydrogen-bond donors (Lipinski definition) is 1. The molecule has 4 nitrogen and oxygen atoms in total. The summed E-state index contributed by atoms with van der Waals surface area (Å²) in [7, 11) is 0. The Morgan fingerprint density at radius 1 is 1.04 bits per heavy atom. The highest BCUT2D eigenvalue weighted by Gasteiger charge is 2.22. The van der Waals surface area contributed by atoms with Gasteiger partial charge in [0.25, 0.3) is 0 Å². The van der Waals surface area contributed by atoms with Crippen molar-refractivity contribution >= 4 is 29.1 Å². The lowest BCUT2D eigenvalue weighted by atomic mass is 10.1. The molecule has 1 amide bonds.